The number of hydrogen-bond acceptors (Lipinski definition) is 5. The normalized spacial score (nSPS) is 17.5. The first-order valence-electron chi connectivity index (χ1n) is 7.20. The van der Waals surface area contributed by atoms with Gasteiger partial charge in [0.1, 0.15) is 11.5 Å². The van der Waals surface area contributed by atoms with Crippen LogP contribution in [0.4, 0.5) is 13.2 Å². The van der Waals surface area contributed by atoms with Crippen molar-refractivity contribution in [2.24, 2.45) is 5.10 Å². The van der Waals surface area contributed by atoms with Gasteiger partial charge in [0.15, 0.2) is 0 Å². The molecule has 2 aromatic rings. The summed E-state index contributed by atoms with van der Waals surface area (Å²) in [7, 11) is 1.43. The van der Waals surface area contributed by atoms with Gasteiger partial charge in [0.05, 0.1) is 18.9 Å². The summed E-state index contributed by atoms with van der Waals surface area (Å²) in [4.78, 5) is 12.3. The molecule has 0 bridgehead atoms. The molecule has 0 saturated carbocycles. The highest BCUT2D eigenvalue weighted by atomic mass is 32.1. The van der Waals surface area contributed by atoms with E-state index in [1.54, 1.807) is 23.6 Å². The summed E-state index contributed by atoms with van der Waals surface area (Å²) in [6.07, 6.45) is -4.96. The van der Waals surface area contributed by atoms with Crippen molar-refractivity contribution in [3.05, 3.63) is 46.2 Å². The van der Waals surface area contributed by atoms with Gasteiger partial charge in [-0.1, -0.05) is 6.07 Å². The van der Waals surface area contributed by atoms with Crippen LogP contribution < -0.4 is 4.74 Å². The molecule has 1 atom stereocenters. The van der Waals surface area contributed by atoms with Gasteiger partial charge in [-0.05, 0) is 23.6 Å². The van der Waals surface area contributed by atoms with Crippen molar-refractivity contribution in [1.29, 1.82) is 0 Å². The van der Waals surface area contributed by atoms with Crippen LogP contribution in [0.15, 0.2) is 40.8 Å². The van der Waals surface area contributed by atoms with E-state index in [0.29, 0.717) is 15.6 Å². The van der Waals surface area contributed by atoms with Crippen molar-refractivity contribution >= 4 is 23.0 Å². The number of halogens is 3. The highest BCUT2D eigenvalue weighted by molar-refractivity contribution is 7.10. The molecule has 1 aromatic carbocycles. The van der Waals surface area contributed by atoms with E-state index in [9.17, 15) is 23.1 Å². The lowest BCUT2D eigenvalue weighted by molar-refractivity contribution is -0.187. The zero-order valence-corrected chi connectivity index (χ0v) is 13.8. The summed E-state index contributed by atoms with van der Waals surface area (Å²) in [5.41, 5.74) is 0.469. The van der Waals surface area contributed by atoms with Crippen molar-refractivity contribution in [2.75, 3.05) is 7.11 Å². The molecule has 3 rings (SSSR count). The zero-order valence-electron chi connectivity index (χ0n) is 12.9. The molecule has 25 heavy (non-hydrogen) atoms. The third kappa shape index (κ3) is 3.32. The number of hydrazone groups is 1. The monoisotopic (exact) mass is 370 g/mol. The van der Waals surface area contributed by atoms with Gasteiger partial charge in [-0.2, -0.15) is 18.3 Å². The number of amides is 1. The van der Waals surface area contributed by atoms with Gasteiger partial charge in [0.2, 0.25) is 0 Å². The molecule has 5 nitrogen and oxygen atoms in total. The molecule has 2 heterocycles. The van der Waals surface area contributed by atoms with Gasteiger partial charge in [-0.25, -0.2) is 5.01 Å². The SMILES string of the molecule is COc1ccc(C2=NN(C(=O)C(F)(F)F)C(c3cccs3)C2)c(O)c1. The van der Waals surface area contributed by atoms with Crippen LogP contribution in [0.3, 0.4) is 0 Å². The number of carbonyl (C=O) groups is 1. The quantitative estimate of drug-likeness (QED) is 0.896. The number of phenolic OH excluding ortho intramolecular Hbond substituents is 1. The third-order valence-corrected chi connectivity index (χ3v) is 4.72. The minimum Gasteiger partial charge on any atom is -0.507 e. The first-order valence-corrected chi connectivity index (χ1v) is 8.08. The molecule has 1 aromatic heterocycles. The predicted molar refractivity (Wildman–Crippen MR) is 85.8 cm³/mol. The fourth-order valence-electron chi connectivity index (χ4n) is 2.58. The average Bonchev–Trinajstić information content (AvgIpc) is 3.22. The van der Waals surface area contributed by atoms with Gasteiger partial charge in [-0.3, -0.25) is 4.79 Å². The summed E-state index contributed by atoms with van der Waals surface area (Å²) in [6, 6.07) is 6.89. The van der Waals surface area contributed by atoms with Gasteiger partial charge < -0.3 is 9.84 Å². The van der Waals surface area contributed by atoms with Crippen molar-refractivity contribution in [1.82, 2.24) is 5.01 Å². The van der Waals surface area contributed by atoms with Crippen LogP contribution in [0, 0.1) is 0 Å². The fourth-order valence-corrected chi connectivity index (χ4v) is 3.39. The molecule has 9 heteroatoms. The van der Waals surface area contributed by atoms with E-state index in [-0.39, 0.29) is 23.4 Å². The minimum atomic E-state index is -5.03. The van der Waals surface area contributed by atoms with Crippen molar-refractivity contribution in [3.63, 3.8) is 0 Å². The van der Waals surface area contributed by atoms with Crippen molar-refractivity contribution in [2.45, 2.75) is 18.6 Å². The molecule has 1 N–H and O–H groups in total. The molecule has 132 valence electrons. The number of carbonyl (C=O) groups excluding carboxylic acids is 1. The second-order valence-electron chi connectivity index (χ2n) is 5.31. The van der Waals surface area contributed by atoms with Crippen LogP contribution in [0.1, 0.15) is 22.9 Å². The Balaban J connectivity index is 2.00. The van der Waals surface area contributed by atoms with Crippen LogP contribution in [0.5, 0.6) is 11.5 Å². The Morgan fingerprint density at radius 1 is 1.40 bits per heavy atom. The lowest BCUT2D eigenvalue weighted by atomic mass is 10.0. The maximum Gasteiger partial charge on any atom is 0.473 e. The third-order valence-electron chi connectivity index (χ3n) is 3.75. The standard InChI is InChI=1S/C16H13F3N2O3S/c1-24-9-4-5-10(13(22)7-9)11-8-12(14-3-2-6-25-14)21(20-11)15(23)16(17,18)19/h2-7,12,22H,8H2,1H3. The number of nitrogens with zero attached hydrogens (tertiary/aromatic N) is 2. The summed E-state index contributed by atoms with van der Waals surface area (Å²) < 4.78 is 43.7. The van der Waals surface area contributed by atoms with E-state index in [2.05, 4.69) is 5.10 Å². The van der Waals surface area contributed by atoms with E-state index in [0.717, 1.165) is 0 Å². The molecule has 1 amide bonds. The number of alkyl halides is 3. The van der Waals surface area contributed by atoms with E-state index < -0.39 is 18.1 Å². The number of aromatic hydroxyl groups is 1. The second-order valence-corrected chi connectivity index (χ2v) is 6.29. The summed E-state index contributed by atoms with van der Waals surface area (Å²) >= 11 is 1.24. The number of ether oxygens (including phenoxy) is 1. The molecule has 0 fully saturated rings. The average molecular weight is 370 g/mol. The highest BCUT2D eigenvalue weighted by Crippen LogP contribution is 2.39. The molecule has 0 radical (unpaired) electrons. The molecule has 1 aliphatic rings. The predicted octanol–water partition coefficient (Wildman–Crippen LogP) is 3.70. The molecule has 0 aliphatic carbocycles. The summed E-state index contributed by atoms with van der Waals surface area (Å²) in [5, 5.41) is 16.1. The number of hydrogen-bond donors (Lipinski definition) is 1. The van der Waals surface area contributed by atoms with Gasteiger partial charge in [0, 0.05) is 22.9 Å². The maximum absolute atomic E-state index is 12.9. The smallest absolute Gasteiger partial charge is 0.473 e. The topological polar surface area (TPSA) is 62.1 Å². The van der Waals surface area contributed by atoms with Gasteiger partial charge in [0.25, 0.3) is 0 Å². The Hall–Kier alpha value is -2.55. The Kier molecular flexibility index (Phi) is 4.42. The lowest BCUT2D eigenvalue weighted by Gasteiger charge is -2.21. The fraction of sp³-hybridized carbons (Fsp3) is 0.250. The first kappa shape index (κ1) is 17.3. The van der Waals surface area contributed by atoms with Crippen LogP contribution in [0.25, 0.3) is 0 Å². The Labute approximate surface area is 145 Å². The van der Waals surface area contributed by atoms with E-state index in [1.807, 2.05) is 0 Å². The largest absolute Gasteiger partial charge is 0.507 e. The number of thiophene rings is 1. The van der Waals surface area contributed by atoms with Crippen LogP contribution in [-0.2, 0) is 4.79 Å². The van der Waals surface area contributed by atoms with E-state index in [4.69, 9.17) is 4.74 Å². The highest BCUT2D eigenvalue weighted by Gasteiger charge is 2.48. The maximum atomic E-state index is 12.9. The van der Waals surface area contributed by atoms with E-state index >= 15 is 0 Å². The molecular weight excluding hydrogens is 357 g/mol. The Morgan fingerprint density at radius 3 is 2.72 bits per heavy atom. The van der Waals surface area contributed by atoms with Crippen LogP contribution in [0.2, 0.25) is 0 Å². The van der Waals surface area contributed by atoms with E-state index in [1.165, 1.54) is 30.6 Å². The first-order chi connectivity index (χ1) is 11.8. The molecule has 0 spiro atoms. The van der Waals surface area contributed by atoms with Crippen LogP contribution in [-0.4, -0.2) is 35.0 Å². The lowest BCUT2D eigenvalue weighted by Crippen LogP contribution is -2.37. The Morgan fingerprint density at radius 2 is 2.16 bits per heavy atom. The van der Waals surface area contributed by atoms with Crippen molar-refractivity contribution < 1.29 is 27.8 Å². The molecule has 1 unspecified atom stereocenters. The molecule has 1 aliphatic heterocycles. The van der Waals surface area contributed by atoms with Gasteiger partial charge >= 0.3 is 12.1 Å². The number of rotatable bonds is 3. The number of methoxy groups -OCH3 is 1. The minimum absolute atomic E-state index is 0.0716. The summed E-state index contributed by atoms with van der Waals surface area (Å²) in [6.45, 7) is 0. The number of phenols is 1. The second kappa shape index (κ2) is 6.40. The summed E-state index contributed by atoms with van der Waals surface area (Å²) in [5.74, 6) is -1.81. The number of benzene rings is 1. The Bertz CT molecular complexity index is 819. The molecular formula is C16H13F3N2O3S. The van der Waals surface area contributed by atoms with Crippen LogP contribution >= 0.6 is 11.3 Å². The van der Waals surface area contributed by atoms with Gasteiger partial charge in [-0.15, -0.1) is 11.3 Å². The zero-order chi connectivity index (χ0) is 18.2. The molecule has 0 saturated heterocycles. The van der Waals surface area contributed by atoms with Crippen molar-refractivity contribution in [3.8, 4) is 11.5 Å².